The van der Waals surface area contributed by atoms with Crippen molar-refractivity contribution in [2.45, 2.75) is 20.3 Å². The summed E-state index contributed by atoms with van der Waals surface area (Å²) < 4.78 is 4.95. The summed E-state index contributed by atoms with van der Waals surface area (Å²) in [6.07, 6.45) is 0.300. The van der Waals surface area contributed by atoms with Crippen molar-refractivity contribution in [2.75, 3.05) is 7.11 Å². The molecule has 4 nitrogen and oxygen atoms in total. The zero-order chi connectivity index (χ0) is 12.3. The summed E-state index contributed by atoms with van der Waals surface area (Å²) in [4.78, 5) is 23.1. The van der Waals surface area contributed by atoms with E-state index in [4.69, 9.17) is 4.74 Å². The molecule has 0 radical (unpaired) electrons. The topological polar surface area (TPSA) is 63.6 Å². The molecular weight excluding hydrogens is 208 g/mol. The second-order valence-electron chi connectivity index (χ2n) is 3.37. The zero-order valence-electron chi connectivity index (χ0n) is 9.53. The lowest BCUT2D eigenvalue weighted by molar-refractivity contribution is 0.0963. The van der Waals surface area contributed by atoms with Gasteiger partial charge in [0.25, 0.3) is 0 Å². The number of benzene rings is 1. The predicted molar refractivity (Wildman–Crippen MR) is 59.3 cm³/mol. The molecular formula is C12H14O4. The van der Waals surface area contributed by atoms with Gasteiger partial charge in [-0.1, -0.05) is 6.92 Å². The number of Topliss-reactive ketones (excluding diaryl/α,β-unsaturated/α-hetero) is 2. The Balaban J connectivity index is 3.51. The monoisotopic (exact) mass is 222 g/mol. The number of rotatable bonds is 4. The maximum Gasteiger partial charge on any atom is 0.171 e. The van der Waals surface area contributed by atoms with E-state index in [1.54, 1.807) is 6.92 Å². The van der Waals surface area contributed by atoms with Crippen molar-refractivity contribution >= 4 is 11.6 Å². The van der Waals surface area contributed by atoms with E-state index in [9.17, 15) is 14.7 Å². The van der Waals surface area contributed by atoms with Gasteiger partial charge in [0.15, 0.2) is 23.1 Å². The van der Waals surface area contributed by atoms with Gasteiger partial charge in [-0.05, 0) is 19.1 Å². The van der Waals surface area contributed by atoms with Crippen LogP contribution in [-0.2, 0) is 0 Å². The molecule has 0 amide bonds. The Morgan fingerprint density at radius 2 is 2.00 bits per heavy atom. The van der Waals surface area contributed by atoms with E-state index >= 15 is 0 Å². The Morgan fingerprint density at radius 3 is 2.44 bits per heavy atom. The highest BCUT2D eigenvalue weighted by molar-refractivity contribution is 6.10. The van der Waals surface area contributed by atoms with Crippen molar-refractivity contribution in [3.05, 3.63) is 23.3 Å². The van der Waals surface area contributed by atoms with Crippen LogP contribution in [0.25, 0.3) is 0 Å². The van der Waals surface area contributed by atoms with Gasteiger partial charge in [-0.15, -0.1) is 0 Å². The predicted octanol–water partition coefficient (Wildman–Crippen LogP) is 2.20. The smallest absolute Gasteiger partial charge is 0.171 e. The van der Waals surface area contributed by atoms with Crippen LogP contribution in [0.2, 0.25) is 0 Å². The maximum absolute atomic E-state index is 11.6. The molecule has 1 rings (SSSR count). The van der Waals surface area contributed by atoms with Gasteiger partial charge >= 0.3 is 0 Å². The molecule has 86 valence electrons. The largest absolute Gasteiger partial charge is 0.504 e. The molecule has 1 aromatic carbocycles. The molecule has 0 bridgehead atoms. The molecule has 16 heavy (non-hydrogen) atoms. The van der Waals surface area contributed by atoms with Gasteiger partial charge in [0.2, 0.25) is 0 Å². The highest BCUT2D eigenvalue weighted by Crippen LogP contribution is 2.33. The highest BCUT2D eigenvalue weighted by atomic mass is 16.5. The standard InChI is InChI=1S/C12H14O4/c1-4-9(14)8-5-6-10(15)12(16-3)11(8)7(2)13/h5-6,15H,4H2,1-3H3. The third kappa shape index (κ3) is 2.05. The Labute approximate surface area is 93.9 Å². The summed E-state index contributed by atoms with van der Waals surface area (Å²) >= 11 is 0. The average molecular weight is 222 g/mol. The molecule has 0 aliphatic rings. The minimum atomic E-state index is -0.301. The van der Waals surface area contributed by atoms with E-state index in [2.05, 4.69) is 0 Å². The van der Waals surface area contributed by atoms with Gasteiger partial charge in [0.05, 0.1) is 12.7 Å². The molecule has 0 aromatic heterocycles. The highest BCUT2D eigenvalue weighted by Gasteiger charge is 2.20. The number of ether oxygens (including phenoxy) is 1. The van der Waals surface area contributed by atoms with E-state index in [1.165, 1.54) is 26.2 Å². The summed E-state index contributed by atoms with van der Waals surface area (Å²) in [5.41, 5.74) is 0.444. The number of carbonyl (C=O) groups excluding carboxylic acids is 2. The van der Waals surface area contributed by atoms with Crippen molar-refractivity contribution < 1.29 is 19.4 Å². The fourth-order valence-electron chi connectivity index (χ4n) is 1.55. The molecule has 0 aliphatic carbocycles. The van der Waals surface area contributed by atoms with Crippen LogP contribution in [0, 0.1) is 0 Å². The first-order valence-corrected chi connectivity index (χ1v) is 4.97. The first kappa shape index (κ1) is 12.2. The summed E-state index contributed by atoms with van der Waals surface area (Å²) in [5.74, 6) is -0.528. The third-order valence-electron chi connectivity index (χ3n) is 2.31. The number of phenols is 1. The Morgan fingerprint density at radius 1 is 1.38 bits per heavy atom. The van der Waals surface area contributed by atoms with E-state index in [0.717, 1.165) is 0 Å². The minimum Gasteiger partial charge on any atom is -0.504 e. The number of hydrogen-bond donors (Lipinski definition) is 1. The number of methoxy groups -OCH3 is 1. The van der Waals surface area contributed by atoms with Crippen molar-refractivity contribution in [3.8, 4) is 11.5 Å². The van der Waals surface area contributed by atoms with Crippen LogP contribution in [0.3, 0.4) is 0 Å². The fourth-order valence-corrected chi connectivity index (χ4v) is 1.55. The van der Waals surface area contributed by atoms with E-state index in [1.807, 2.05) is 0 Å². The fraction of sp³-hybridized carbons (Fsp3) is 0.333. The van der Waals surface area contributed by atoms with Crippen molar-refractivity contribution in [3.63, 3.8) is 0 Å². The van der Waals surface area contributed by atoms with Crippen molar-refractivity contribution in [1.29, 1.82) is 0 Å². The molecule has 0 atom stereocenters. The van der Waals surface area contributed by atoms with Crippen LogP contribution in [0.5, 0.6) is 11.5 Å². The molecule has 0 heterocycles. The van der Waals surface area contributed by atoms with Crippen molar-refractivity contribution in [1.82, 2.24) is 0 Å². The van der Waals surface area contributed by atoms with Gasteiger partial charge in [0.1, 0.15) is 0 Å². The zero-order valence-corrected chi connectivity index (χ0v) is 9.53. The van der Waals surface area contributed by atoms with Crippen LogP contribution < -0.4 is 4.74 Å². The van der Waals surface area contributed by atoms with Crippen LogP contribution >= 0.6 is 0 Å². The number of phenolic OH excluding ortho intramolecular Hbond substituents is 1. The van der Waals surface area contributed by atoms with Crippen LogP contribution in [0.1, 0.15) is 41.0 Å². The van der Waals surface area contributed by atoms with Crippen LogP contribution in [-0.4, -0.2) is 23.8 Å². The third-order valence-corrected chi connectivity index (χ3v) is 2.31. The van der Waals surface area contributed by atoms with Gasteiger partial charge < -0.3 is 9.84 Å². The van der Waals surface area contributed by atoms with E-state index in [0.29, 0.717) is 12.0 Å². The Kier molecular flexibility index (Phi) is 3.66. The molecule has 4 heteroatoms. The lowest BCUT2D eigenvalue weighted by Gasteiger charge is -2.11. The SMILES string of the molecule is CCC(=O)c1ccc(O)c(OC)c1C(C)=O. The molecule has 1 N–H and O–H groups in total. The Bertz CT molecular complexity index is 435. The first-order chi connectivity index (χ1) is 7.52. The van der Waals surface area contributed by atoms with Gasteiger partial charge in [0, 0.05) is 12.0 Å². The lowest BCUT2D eigenvalue weighted by atomic mass is 9.98. The lowest BCUT2D eigenvalue weighted by Crippen LogP contribution is -2.08. The van der Waals surface area contributed by atoms with Gasteiger partial charge in [-0.25, -0.2) is 0 Å². The number of aromatic hydroxyl groups is 1. The maximum atomic E-state index is 11.6. The van der Waals surface area contributed by atoms with Gasteiger partial charge in [-0.2, -0.15) is 0 Å². The molecule has 0 unspecified atom stereocenters. The summed E-state index contributed by atoms with van der Waals surface area (Å²) in [6.45, 7) is 3.05. The number of ketones is 2. The summed E-state index contributed by atoms with van der Waals surface area (Å²) in [5, 5.41) is 9.53. The number of hydrogen-bond acceptors (Lipinski definition) is 4. The van der Waals surface area contributed by atoms with Crippen LogP contribution in [0.4, 0.5) is 0 Å². The number of carbonyl (C=O) groups is 2. The van der Waals surface area contributed by atoms with E-state index in [-0.39, 0.29) is 28.6 Å². The summed E-state index contributed by atoms with van der Waals surface area (Å²) in [6, 6.07) is 2.80. The molecule has 0 aliphatic heterocycles. The normalized spacial score (nSPS) is 9.94. The van der Waals surface area contributed by atoms with Gasteiger partial charge in [-0.3, -0.25) is 9.59 Å². The molecule has 0 saturated heterocycles. The molecule has 0 spiro atoms. The molecule has 1 aromatic rings. The van der Waals surface area contributed by atoms with Crippen LogP contribution in [0.15, 0.2) is 12.1 Å². The Hall–Kier alpha value is -1.84. The quantitative estimate of drug-likeness (QED) is 0.793. The minimum absolute atomic E-state index is 0.0619. The van der Waals surface area contributed by atoms with Crippen molar-refractivity contribution in [2.24, 2.45) is 0 Å². The molecule has 0 saturated carbocycles. The summed E-state index contributed by atoms with van der Waals surface area (Å²) in [7, 11) is 1.35. The van der Waals surface area contributed by atoms with E-state index < -0.39 is 0 Å². The second-order valence-corrected chi connectivity index (χ2v) is 3.37. The first-order valence-electron chi connectivity index (χ1n) is 4.97. The average Bonchev–Trinajstić information content (AvgIpc) is 2.27. The molecule has 0 fully saturated rings. The second kappa shape index (κ2) is 4.79.